The third-order valence-electron chi connectivity index (χ3n) is 11.3. The average molecular weight is 729 g/mol. The van der Waals surface area contributed by atoms with Gasteiger partial charge in [-0.15, -0.1) is 0 Å². The molecule has 0 aliphatic heterocycles. The lowest BCUT2D eigenvalue weighted by Crippen LogP contribution is -2.06. The summed E-state index contributed by atoms with van der Waals surface area (Å²) >= 11 is 0. The summed E-state index contributed by atoms with van der Waals surface area (Å²) in [6.45, 7) is 0. The maximum atomic E-state index is 5.41. The number of aromatic nitrogens is 6. The number of rotatable bonds is 5. The number of nitrogens with zero attached hydrogens (tertiary/aromatic N) is 6. The molecule has 57 heavy (non-hydrogen) atoms. The molecule has 0 atom stereocenters. The Labute approximate surface area is 327 Å². The minimum absolute atomic E-state index is 0.567. The molecule has 0 aliphatic carbocycles. The van der Waals surface area contributed by atoms with Crippen LogP contribution < -0.4 is 0 Å². The van der Waals surface area contributed by atoms with E-state index in [1.54, 1.807) is 0 Å². The Kier molecular flexibility index (Phi) is 6.83. The summed E-state index contributed by atoms with van der Waals surface area (Å²) in [5.74, 6) is 1.79. The van der Waals surface area contributed by atoms with E-state index in [1.165, 1.54) is 16.2 Å². The summed E-state index contributed by atoms with van der Waals surface area (Å²) < 4.78 is 6.95. The van der Waals surface area contributed by atoms with E-state index in [1.807, 2.05) is 18.2 Å². The number of hydrogen-bond donors (Lipinski definition) is 0. The highest BCUT2D eigenvalue weighted by Crippen LogP contribution is 2.42. The van der Waals surface area contributed by atoms with Gasteiger partial charge in [0, 0.05) is 54.8 Å². The van der Waals surface area contributed by atoms with Gasteiger partial charge in [0.1, 0.15) is 0 Å². The van der Waals surface area contributed by atoms with Gasteiger partial charge in [0.25, 0.3) is 0 Å². The zero-order valence-electron chi connectivity index (χ0n) is 30.7. The topological polar surface area (TPSA) is 53.5 Å². The average Bonchev–Trinajstić information content (AvgIpc) is 3.92. The second-order valence-electron chi connectivity index (χ2n) is 14.5. The van der Waals surface area contributed by atoms with Gasteiger partial charge in [0.05, 0.1) is 33.1 Å². The first-order chi connectivity index (χ1) is 28.3. The molecule has 4 aromatic heterocycles. The van der Waals surface area contributed by atoms with Crippen LogP contribution in [0.2, 0.25) is 0 Å². The summed E-state index contributed by atoms with van der Waals surface area (Å²) in [7, 11) is 0. The second kappa shape index (κ2) is 12.3. The van der Waals surface area contributed by atoms with E-state index in [0.29, 0.717) is 17.6 Å². The molecule has 0 saturated heterocycles. The normalized spacial score (nSPS) is 11.9. The van der Waals surface area contributed by atoms with E-state index in [9.17, 15) is 0 Å². The third kappa shape index (κ3) is 4.74. The van der Waals surface area contributed by atoms with Gasteiger partial charge in [0.2, 0.25) is 5.95 Å². The van der Waals surface area contributed by atoms with Gasteiger partial charge in [-0.3, -0.25) is 4.57 Å². The summed E-state index contributed by atoms with van der Waals surface area (Å²) in [6, 6.07) is 68.3. The van der Waals surface area contributed by atoms with Crippen LogP contribution in [0.3, 0.4) is 0 Å². The fourth-order valence-electron chi connectivity index (χ4n) is 8.85. The fraction of sp³-hybridized carbons (Fsp3) is 0. The maximum absolute atomic E-state index is 5.41. The maximum Gasteiger partial charge on any atom is 0.238 e. The molecule has 0 spiro atoms. The predicted molar refractivity (Wildman–Crippen MR) is 234 cm³/mol. The smallest absolute Gasteiger partial charge is 0.238 e. The third-order valence-corrected chi connectivity index (χ3v) is 11.3. The number of fused-ring (bicyclic) bond motifs is 10. The van der Waals surface area contributed by atoms with E-state index in [2.05, 4.69) is 190 Å². The van der Waals surface area contributed by atoms with E-state index < -0.39 is 0 Å². The Hall–Kier alpha value is -7.83. The molecule has 4 heterocycles. The van der Waals surface area contributed by atoms with Crippen LogP contribution in [0.5, 0.6) is 0 Å². The summed E-state index contributed by atoms with van der Waals surface area (Å²) in [4.78, 5) is 15.9. The molecule has 266 valence electrons. The molecule has 0 aliphatic rings. The highest BCUT2D eigenvalue weighted by molar-refractivity contribution is 6.26. The van der Waals surface area contributed by atoms with Crippen LogP contribution in [0.1, 0.15) is 0 Å². The lowest BCUT2D eigenvalue weighted by Gasteiger charge is -2.12. The zero-order chi connectivity index (χ0) is 37.5. The molecule has 0 fully saturated rings. The van der Waals surface area contributed by atoms with Crippen LogP contribution in [0.4, 0.5) is 0 Å². The van der Waals surface area contributed by atoms with Crippen molar-refractivity contribution in [3.8, 4) is 40.1 Å². The minimum Gasteiger partial charge on any atom is -0.309 e. The minimum atomic E-state index is 0.567. The van der Waals surface area contributed by atoms with Crippen LogP contribution in [-0.2, 0) is 0 Å². The predicted octanol–water partition coefficient (Wildman–Crippen LogP) is 12.5. The Bertz CT molecular complexity index is 3510. The summed E-state index contributed by atoms with van der Waals surface area (Å²) in [6.07, 6.45) is 0. The Balaban J connectivity index is 1.18. The van der Waals surface area contributed by atoms with Crippen molar-refractivity contribution in [3.05, 3.63) is 194 Å². The van der Waals surface area contributed by atoms with Gasteiger partial charge < -0.3 is 9.13 Å². The quantitative estimate of drug-likeness (QED) is 0.177. The van der Waals surface area contributed by atoms with Crippen LogP contribution in [0, 0.1) is 0 Å². The molecular formula is C51H32N6. The highest BCUT2D eigenvalue weighted by atomic mass is 15.2. The van der Waals surface area contributed by atoms with E-state index in [0.717, 1.165) is 71.8 Å². The van der Waals surface area contributed by atoms with Gasteiger partial charge in [-0.1, -0.05) is 140 Å². The molecule has 0 bridgehead atoms. The first kappa shape index (κ1) is 31.5. The molecule has 0 saturated carbocycles. The van der Waals surface area contributed by atoms with E-state index >= 15 is 0 Å². The van der Waals surface area contributed by atoms with Crippen molar-refractivity contribution < 1.29 is 0 Å². The number of hydrogen-bond acceptors (Lipinski definition) is 3. The Morgan fingerprint density at radius 1 is 0.298 bits per heavy atom. The first-order valence-corrected chi connectivity index (χ1v) is 19.2. The van der Waals surface area contributed by atoms with Gasteiger partial charge in [0.15, 0.2) is 11.6 Å². The molecule has 12 aromatic rings. The van der Waals surface area contributed by atoms with Gasteiger partial charge >= 0.3 is 0 Å². The van der Waals surface area contributed by atoms with Crippen molar-refractivity contribution >= 4 is 65.4 Å². The van der Waals surface area contributed by atoms with Crippen LogP contribution in [0.15, 0.2) is 194 Å². The highest BCUT2D eigenvalue weighted by Gasteiger charge is 2.23. The molecule has 0 N–H and O–H groups in total. The second-order valence-corrected chi connectivity index (χ2v) is 14.5. The Morgan fingerprint density at radius 3 is 1.44 bits per heavy atom. The van der Waals surface area contributed by atoms with Crippen LogP contribution in [0.25, 0.3) is 106 Å². The summed E-state index contributed by atoms with van der Waals surface area (Å²) in [5, 5.41) is 6.99. The van der Waals surface area contributed by atoms with Gasteiger partial charge in [-0.2, -0.15) is 9.97 Å². The van der Waals surface area contributed by atoms with Crippen molar-refractivity contribution in [1.29, 1.82) is 0 Å². The lowest BCUT2D eigenvalue weighted by atomic mass is 10.1. The molecule has 0 amide bonds. The number of benzene rings is 8. The number of para-hydroxylation sites is 5. The lowest BCUT2D eigenvalue weighted by molar-refractivity contribution is 0.955. The molecule has 0 unspecified atom stereocenters. The molecule has 6 nitrogen and oxygen atoms in total. The monoisotopic (exact) mass is 728 g/mol. The summed E-state index contributed by atoms with van der Waals surface area (Å²) in [5.41, 5.74) is 10.7. The van der Waals surface area contributed by atoms with E-state index in [-0.39, 0.29) is 0 Å². The molecule has 0 radical (unpaired) electrons. The van der Waals surface area contributed by atoms with Crippen molar-refractivity contribution in [3.63, 3.8) is 0 Å². The zero-order valence-corrected chi connectivity index (χ0v) is 30.7. The first-order valence-electron chi connectivity index (χ1n) is 19.2. The van der Waals surface area contributed by atoms with Crippen molar-refractivity contribution in [1.82, 2.24) is 28.7 Å². The van der Waals surface area contributed by atoms with Gasteiger partial charge in [-0.25, -0.2) is 4.98 Å². The molecule has 12 rings (SSSR count). The SMILES string of the molecule is c1ccc(-c2nc(-c3ccc4c5ccccc5n(-c5ccccc5)c4c3)nc(-n3c4ccccc4c4ccc5c(c6ccccc6n5-c5ccccc5)c43)n2)cc1. The van der Waals surface area contributed by atoms with Crippen molar-refractivity contribution in [2.45, 2.75) is 0 Å². The van der Waals surface area contributed by atoms with Crippen LogP contribution >= 0.6 is 0 Å². The largest absolute Gasteiger partial charge is 0.309 e. The van der Waals surface area contributed by atoms with Crippen LogP contribution in [-0.4, -0.2) is 28.7 Å². The van der Waals surface area contributed by atoms with Crippen molar-refractivity contribution in [2.75, 3.05) is 0 Å². The van der Waals surface area contributed by atoms with E-state index in [4.69, 9.17) is 15.0 Å². The molecule has 8 aromatic carbocycles. The van der Waals surface area contributed by atoms with Crippen molar-refractivity contribution in [2.24, 2.45) is 0 Å². The molecule has 6 heteroatoms. The van der Waals surface area contributed by atoms with Gasteiger partial charge in [-0.05, 0) is 54.6 Å². The molecular weight excluding hydrogens is 697 g/mol. The Morgan fingerprint density at radius 2 is 0.772 bits per heavy atom. The fourth-order valence-corrected chi connectivity index (χ4v) is 8.85. The standard InChI is InChI=1S/C51H32N6/c1-4-16-33(17-5-1)49-52-50(34-28-29-39-37-22-10-13-25-42(37)56(46(39)32-34)36-20-8-3-9-21-36)54-51(53-49)57-43-26-14-11-23-38(43)40-30-31-45-47(48(40)57)41-24-12-15-27-44(41)55(45)35-18-6-2-7-19-35/h1-32H.